The monoisotopic (exact) mass is 273 g/mol. The van der Waals surface area contributed by atoms with E-state index in [9.17, 15) is 5.11 Å². The number of aliphatic hydroxyl groups excluding tert-OH is 1. The third kappa shape index (κ3) is 3.08. The number of pyridine rings is 1. The number of rotatable bonds is 5. The van der Waals surface area contributed by atoms with Crippen LogP contribution in [0.2, 0.25) is 0 Å². The van der Waals surface area contributed by atoms with Crippen molar-refractivity contribution in [1.82, 2.24) is 4.98 Å². The first-order valence-electron chi connectivity index (χ1n) is 6.46. The smallest absolute Gasteiger partial charge is 0.122 e. The number of benzene rings is 1. The molecule has 106 valence electrons. The van der Waals surface area contributed by atoms with Gasteiger partial charge < -0.3 is 14.6 Å². The van der Waals surface area contributed by atoms with Crippen LogP contribution in [0.5, 0.6) is 11.5 Å². The Kier molecular flexibility index (Phi) is 4.58. The van der Waals surface area contributed by atoms with Gasteiger partial charge in [-0.3, -0.25) is 4.98 Å². The van der Waals surface area contributed by atoms with E-state index in [1.807, 2.05) is 31.2 Å². The standard InChI is InChI=1S/C16H19NO3/c1-11(12-4-6-17-7-5-12)16(18)13-8-14(19-2)10-15(9-13)20-3/h4-11,16,18H,1-3H3. The van der Waals surface area contributed by atoms with Crippen molar-refractivity contribution in [2.45, 2.75) is 18.9 Å². The zero-order valence-corrected chi connectivity index (χ0v) is 11.9. The molecule has 2 aromatic rings. The predicted molar refractivity (Wildman–Crippen MR) is 77.2 cm³/mol. The molecular weight excluding hydrogens is 254 g/mol. The van der Waals surface area contributed by atoms with E-state index in [0.717, 1.165) is 11.1 Å². The van der Waals surface area contributed by atoms with Gasteiger partial charge >= 0.3 is 0 Å². The van der Waals surface area contributed by atoms with Gasteiger partial charge in [-0.1, -0.05) is 6.92 Å². The van der Waals surface area contributed by atoms with Crippen LogP contribution < -0.4 is 9.47 Å². The van der Waals surface area contributed by atoms with E-state index in [-0.39, 0.29) is 5.92 Å². The first-order valence-corrected chi connectivity index (χ1v) is 6.46. The summed E-state index contributed by atoms with van der Waals surface area (Å²) in [4.78, 5) is 3.99. The molecule has 0 spiro atoms. The van der Waals surface area contributed by atoms with Gasteiger partial charge in [-0.25, -0.2) is 0 Å². The largest absolute Gasteiger partial charge is 0.497 e. The van der Waals surface area contributed by atoms with Crippen molar-refractivity contribution in [3.63, 3.8) is 0 Å². The van der Waals surface area contributed by atoms with Crippen LogP contribution in [0.25, 0.3) is 0 Å². The lowest BCUT2D eigenvalue weighted by molar-refractivity contribution is 0.151. The Morgan fingerprint density at radius 3 is 2.00 bits per heavy atom. The van der Waals surface area contributed by atoms with Crippen molar-refractivity contribution in [2.24, 2.45) is 0 Å². The van der Waals surface area contributed by atoms with Crippen LogP contribution in [0.4, 0.5) is 0 Å². The highest BCUT2D eigenvalue weighted by atomic mass is 16.5. The van der Waals surface area contributed by atoms with E-state index in [2.05, 4.69) is 4.98 Å². The minimum atomic E-state index is -0.638. The highest BCUT2D eigenvalue weighted by Gasteiger charge is 2.19. The van der Waals surface area contributed by atoms with Crippen LogP contribution in [0, 0.1) is 0 Å². The molecule has 4 nitrogen and oxygen atoms in total. The SMILES string of the molecule is COc1cc(OC)cc(C(O)C(C)c2ccncc2)c1. The maximum atomic E-state index is 10.6. The molecule has 20 heavy (non-hydrogen) atoms. The summed E-state index contributed by atoms with van der Waals surface area (Å²) in [6.07, 6.45) is 2.82. The molecule has 0 bridgehead atoms. The van der Waals surface area contributed by atoms with E-state index in [0.29, 0.717) is 11.5 Å². The van der Waals surface area contributed by atoms with Gasteiger partial charge in [0.05, 0.1) is 20.3 Å². The van der Waals surface area contributed by atoms with Crippen molar-refractivity contribution < 1.29 is 14.6 Å². The minimum absolute atomic E-state index is 0.0465. The van der Waals surface area contributed by atoms with Crippen LogP contribution in [0.15, 0.2) is 42.7 Å². The number of aliphatic hydroxyl groups is 1. The van der Waals surface area contributed by atoms with E-state index >= 15 is 0 Å². The number of nitrogens with zero attached hydrogens (tertiary/aromatic N) is 1. The molecule has 1 aromatic carbocycles. The topological polar surface area (TPSA) is 51.6 Å². The quantitative estimate of drug-likeness (QED) is 0.910. The van der Waals surface area contributed by atoms with Crippen molar-refractivity contribution in [1.29, 1.82) is 0 Å². The third-order valence-corrected chi connectivity index (χ3v) is 3.42. The summed E-state index contributed by atoms with van der Waals surface area (Å²) in [6, 6.07) is 9.25. The van der Waals surface area contributed by atoms with Gasteiger partial charge in [-0.05, 0) is 35.4 Å². The van der Waals surface area contributed by atoms with Gasteiger partial charge in [0, 0.05) is 24.4 Å². The van der Waals surface area contributed by atoms with Crippen molar-refractivity contribution in [3.05, 3.63) is 53.9 Å². The predicted octanol–water partition coefficient (Wildman–Crippen LogP) is 2.94. The van der Waals surface area contributed by atoms with Gasteiger partial charge in [0.15, 0.2) is 0 Å². The lowest BCUT2D eigenvalue weighted by atomic mass is 9.91. The molecule has 0 radical (unpaired) electrons. The molecule has 4 heteroatoms. The first-order chi connectivity index (χ1) is 9.65. The lowest BCUT2D eigenvalue weighted by Crippen LogP contribution is -2.08. The minimum Gasteiger partial charge on any atom is -0.497 e. The van der Waals surface area contributed by atoms with Gasteiger partial charge in [-0.15, -0.1) is 0 Å². The Labute approximate surface area is 119 Å². The molecule has 2 unspecified atom stereocenters. The molecule has 1 aromatic heterocycles. The summed E-state index contributed by atoms with van der Waals surface area (Å²) >= 11 is 0. The highest BCUT2D eigenvalue weighted by Crippen LogP contribution is 2.34. The van der Waals surface area contributed by atoms with Crippen LogP contribution in [-0.4, -0.2) is 24.3 Å². The molecule has 2 rings (SSSR count). The zero-order chi connectivity index (χ0) is 14.5. The van der Waals surface area contributed by atoms with Crippen LogP contribution >= 0.6 is 0 Å². The van der Waals surface area contributed by atoms with Crippen LogP contribution in [0.1, 0.15) is 30.1 Å². The molecule has 0 fully saturated rings. The number of hydrogen-bond acceptors (Lipinski definition) is 4. The van der Waals surface area contributed by atoms with Crippen molar-refractivity contribution in [3.8, 4) is 11.5 Å². The number of hydrogen-bond donors (Lipinski definition) is 1. The summed E-state index contributed by atoms with van der Waals surface area (Å²) in [5.74, 6) is 1.29. The average Bonchev–Trinajstić information content (AvgIpc) is 2.53. The van der Waals surface area contributed by atoms with Crippen molar-refractivity contribution >= 4 is 0 Å². The highest BCUT2D eigenvalue weighted by molar-refractivity contribution is 5.40. The summed E-state index contributed by atoms with van der Waals surface area (Å²) in [6.45, 7) is 1.98. The average molecular weight is 273 g/mol. The fraction of sp³-hybridized carbons (Fsp3) is 0.312. The molecule has 0 amide bonds. The Hall–Kier alpha value is -2.07. The number of methoxy groups -OCH3 is 2. The normalized spacial score (nSPS) is 13.6. The summed E-state index contributed by atoms with van der Waals surface area (Å²) < 4.78 is 10.5. The molecule has 0 aliphatic rings. The Morgan fingerprint density at radius 2 is 1.50 bits per heavy atom. The molecular formula is C16H19NO3. The maximum absolute atomic E-state index is 10.6. The second-order valence-corrected chi connectivity index (χ2v) is 4.66. The maximum Gasteiger partial charge on any atom is 0.122 e. The second kappa shape index (κ2) is 6.39. The number of aromatic nitrogens is 1. The van der Waals surface area contributed by atoms with E-state index in [1.54, 1.807) is 32.7 Å². The second-order valence-electron chi connectivity index (χ2n) is 4.66. The summed E-state index contributed by atoms with van der Waals surface area (Å²) in [5.41, 5.74) is 1.81. The van der Waals surface area contributed by atoms with Crippen LogP contribution in [-0.2, 0) is 0 Å². The molecule has 1 heterocycles. The molecule has 0 aliphatic heterocycles. The van der Waals surface area contributed by atoms with E-state index in [1.165, 1.54) is 0 Å². The Bertz CT molecular complexity index is 535. The first kappa shape index (κ1) is 14.3. The summed E-state index contributed by atoms with van der Waals surface area (Å²) in [7, 11) is 3.19. The molecule has 0 aliphatic carbocycles. The van der Waals surface area contributed by atoms with Crippen LogP contribution in [0.3, 0.4) is 0 Å². The van der Waals surface area contributed by atoms with Gasteiger partial charge in [0.25, 0.3) is 0 Å². The lowest BCUT2D eigenvalue weighted by Gasteiger charge is -2.20. The van der Waals surface area contributed by atoms with Gasteiger partial charge in [-0.2, -0.15) is 0 Å². The molecule has 0 saturated carbocycles. The Balaban J connectivity index is 2.30. The van der Waals surface area contributed by atoms with Crippen molar-refractivity contribution in [2.75, 3.05) is 14.2 Å². The van der Waals surface area contributed by atoms with Gasteiger partial charge in [0.1, 0.15) is 11.5 Å². The van der Waals surface area contributed by atoms with E-state index in [4.69, 9.17) is 9.47 Å². The number of ether oxygens (including phenoxy) is 2. The third-order valence-electron chi connectivity index (χ3n) is 3.42. The molecule has 2 atom stereocenters. The van der Waals surface area contributed by atoms with E-state index < -0.39 is 6.10 Å². The van der Waals surface area contributed by atoms with Gasteiger partial charge in [0.2, 0.25) is 0 Å². The fourth-order valence-electron chi connectivity index (χ4n) is 2.14. The zero-order valence-electron chi connectivity index (χ0n) is 11.9. The summed E-state index contributed by atoms with van der Waals surface area (Å²) in [5, 5.41) is 10.6. The molecule has 0 saturated heterocycles. The Morgan fingerprint density at radius 1 is 0.950 bits per heavy atom. The fourth-order valence-corrected chi connectivity index (χ4v) is 2.14. The molecule has 1 N–H and O–H groups in total.